The van der Waals surface area contributed by atoms with Crippen LogP contribution in [0.2, 0.25) is 0 Å². The lowest BCUT2D eigenvalue weighted by Crippen LogP contribution is -2.27. The molecule has 0 radical (unpaired) electrons. The highest BCUT2D eigenvalue weighted by atomic mass is 16.5. The summed E-state index contributed by atoms with van der Waals surface area (Å²) in [5, 5.41) is 16.9. The number of carbonyl (C=O) groups excluding carboxylic acids is 1. The monoisotopic (exact) mass is 337 g/mol. The number of hydrogen-bond donors (Lipinski definition) is 2. The van der Waals surface area contributed by atoms with Crippen molar-refractivity contribution in [1.82, 2.24) is 15.1 Å². The number of hydrogen-bond acceptors (Lipinski definition) is 4. The van der Waals surface area contributed by atoms with Crippen molar-refractivity contribution in [2.45, 2.75) is 13.0 Å². The number of benzene rings is 2. The van der Waals surface area contributed by atoms with Gasteiger partial charge in [0, 0.05) is 12.4 Å². The second-order valence-corrected chi connectivity index (χ2v) is 5.59. The number of para-hydroxylation sites is 1. The van der Waals surface area contributed by atoms with E-state index in [1.165, 1.54) is 19.2 Å². The molecule has 3 aromatic rings. The molecule has 6 heteroatoms. The zero-order chi connectivity index (χ0) is 17.8. The highest BCUT2D eigenvalue weighted by Gasteiger charge is 2.18. The van der Waals surface area contributed by atoms with Crippen LogP contribution in [0.3, 0.4) is 0 Å². The van der Waals surface area contributed by atoms with Gasteiger partial charge in [0.05, 0.1) is 24.4 Å². The molecule has 2 aromatic carbocycles. The van der Waals surface area contributed by atoms with Gasteiger partial charge in [-0.15, -0.1) is 0 Å². The number of nitrogens with zero attached hydrogens (tertiary/aromatic N) is 2. The molecule has 0 aliphatic heterocycles. The van der Waals surface area contributed by atoms with Gasteiger partial charge in [-0.2, -0.15) is 5.10 Å². The molecule has 0 aliphatic carbocycles. The topological polar surface area (TPSA) is 76.4 Å². The maximum atomic E-state index is 12.6. The molecule has 0 fully saturated rings. The molecule has 2 N–H and O–H groups in total. The highest BCUT2D eigenvalue weighted by molar-refractivity contribution is 5.97. The van der Waals surface area contributed by atoms with Crippen molar-refractivity contribution in [3.8, 4) is 17.2 Å². The molecule has 1 unspecified atom stereocenters. The van der Waals surface area contributed by atoms with Crippen LogP contribution in [0, 0.1) is 0 Å². The Hall–Kier alpha value is -3.28. The van der Waals surface area contributed by atoms with E-state index in [2.05, 4.69) is 10.4 Å². The van der Waals surface area contributed by atoms with Crippen LogP contribution >= 0.6 is 0 Å². The van der Waals surface area contributed by atoms with Crippen molar-refractivity contribution < 1.29 is 14.6 Å². The number of aromatic hydroxyl groups is 1. The van der Waals surface area contributed by atoms with Crippen LogP contribution in [0.4, 0.5) is 0 Å². The normalized spacial score (nSPS) is 11.8. The van der Waals surface area contributed by atoms with E-state index in [0.29, 0.717) is 5.75 Å². The Kier molecular flexibility index (Phi) is 4.70. The molecule has 3 rings (SSSR count). The predicted octanol–water partition coefficient (Wildman–Crippen LogP) is 3.08. The van der Waals surface area contributed by atoms with E-state index in [9.17, 15) is 9.90 Å². The summed E-state index contributed by atoms with van der Waals surface area (Å²) in [5.74, 6) is 0.0916. The van der Waals surface area contributed by atoms with Crippen LogP contribution < -0.4 is 10.1 Å². The van der Waals surface area contributed by atoms with Crippen LogP contribution in [-0.2, 0) is 0 Å². The van der Waals surface area contributed by atoms with E-state index < -0.39 is 0 Å². The van der Waals surface area contributed by atoms with Crippen LogP contribution in [-0.4, -0.2) is 27.9 Å². The van der Waals surface area contributed by atoms with Crippen molar-refractivity contribution in [2.24, 2.45) is 0 Å². The minimum atomic E-state index is -0.324. The maximum absolute atomic E-state index is 12.6. The van der Waals surface area contributed by atoms with Gasteiger partial charge >= 0.3 is 0 Å². The molecule has 128 valence electrons. The first-order chi connectivity index (χ1) is 12.1. The fourth-order valence-electron chi connectivity index (χ4n) is 2.70. The first kappa shape index (κ1) is 16.6. The van der Waals surface area contributed by atoms with Crippen LogP contribution in [0.15, 0.2) is 60.9 Å². The van der Waals surface area contributed by atoms with E-state index in [0.717, 1.165) is 11.3 Å². The Labute approximate surface area is 145 Å². The number of aromatic nitrogens is 2. The minimum Gasteiger partial charge on any atom is -0.508 e. The van der Waals surface area contributed by atoms with Gasteiger partial charge in [-0.05, 0) is 42.8 Å². The van der Waals surface area contributed by atoms with E-state index in [4.69, 9.17) is 4.74 Å². The number of methoxy groups -OCH3 is 1. The molecule has 0 saturated carbocycles. The van der Waals surface area contributed by atoms with E-state index >= 15 is 0 Å². The summed E-state index contributed by atoms with van der Waals surface area (Å²) in [6.45, 7) is 1.90. The third-order valence-corrected chi connectivity index (χ3v) is 3.93. The lowest BCUT2D eigenvalue weighted by Gasteiger charge is -2.19. The molecule has 1 amide bonds. The van der Waals surface area contributed by atoms with E-state index in [1.807, 2.05) is 43.5 Å². The molecule has 0 saturated heterocycles. The molecule has 6 nitrogen and oxygen atoms in total. The van der Waals surface area contributed by atoms with Gasteiger partial charge in [0.1, 0.15) is 11.5 Å². The average Bonchev–Trinajstić information content (AvgIpc) is 3.16. The van der Waals surface area contributed by atoms with Gasteiger partial charge < -0.3 is 15.2 Å². The van der Waals surface area contributed by atoms with Gasteiger partial charge in [-0.1, -0.05) is 18.2 Å². The van der Waals surface area contributed by atoms with Crippen molar-refractivity contribution in [3.05, 3.63) is 72.1 Å². The lowest BCUT2D eigenvalue weighted by molar-refractivity contribution is 0.0936. The number of nitrogens with one attached hydrogen (secondary N) is 1. The number of phenolic OH excluding ortho intramolecular Hbond substituents is 1. The number of carbonyl (C=O) groups is 1. The predicted molar refractivity (Wildman–Crippen MR) is 94.1 cm³/mol. The summed E-state index contributed by atoms with van der Waals surface area (Å²) in [5.41, 5.74) is 2.10. The largest absolute Gasteiger partial charge is 0.508 e. The molecular formula is C19H19N3O3. The Morgan fingerprint density at radius 1 is 1.24 bits per heavy atom. The fraction of sp³-hybridized carbons (Fsp3) is 0.158. The summed E-state index contributed by atoms with van der Waals surface area (Å²) in [6, 6.07) is 13.7. The molecule has 1 heterocycles. The lowest BCUT2D eigenvalue weighted by atomic mass is 10.1. The summed E-state index contributed by atoms with van der Waals surface area (Å²) in [7, 11) is 1.49. The third kappa shape index (κ3) is 3.47. The zero-order valence-electron chi connectivity index (χ0n) is 14.0. The number of phenols is 1. The van der Waals surface area contributed by atoms with Gasteiger partial charge in [0.2, 0.25) is 0 Å². The van der Waals surface area contributed by atoms with Gasteiger partial charge in [0.25, 0.3) is 5.91 Å². The summed E-state index contributed by atoms with van der Waals surface area (Å²) in [4.78, 5) is 12.6. The number of amides is 1. The summed E-state index contributed by atoms with van der Waals surface area (Å²) in [6.07, 6.45) is 3.56. The first-order valence-corrected chi connectivity index (χ1v) is 7.87. The van der Waals surface area contributed by atoms with E-state index in [-0.39, 0.29) is 23.3 Å². The zero-order valence-corrected chi connectivity index (χ0v) is 14.0. The molecule has 0 aliphatic rings. The second-order valence-electron chi connectivity index (χ2n) is 5.59. The fourth-order valence-corrected chi connectivity index (χ4v) is 2.70. The Morgan fingerprint density at radius 3 is 2.76 bits per heavy atom. The van der Waals surface area contributed by atoms with Gasteiger partial charge in [0.15, 0.2) is 0 Å². The molecule has 0 bridgehead atoms. The SMILES string of the molecule is COc1ccc(O)cc1C(=O)NC(C)c1ccccc1-n1cccn1. The minimum absolute atomic E-state index is 0.00976. The Morgan fingerprint density at radius 2 is 2.04 bits per heavy atom. The molecule has 1 aromatic heterocycles. The number of ether oxygens (including phenoxy) is 1. The van der Waals surface area contributed by atoms with Crippen molar-refractivity contribution in [2.75, 3.05) is 7.11 Å². The van der Waals surface area contributed by atoms with Crippen molar-refractivity contribution >= 4 is 5.91 Å². The molecule has 25 heavy (non-hydrogen) atoms. The smallest absolute Gasteiger partial charge is 0.255 e. The average molecular weight is 337 g/mol. The highest BCUT2D eigenvalue weighted by Crippen LogP contribution is 2.25. The van der Waals surface area contributed by atoms with E-state index in [1.54, 1.807) is 16.9 Å². The van der Waals surface area contributed by atoms with Crippen molar-refractivity contribution in [3.63, 3.8) is 0 Å². The van der Waals surface area contributed by atoms with Gasteiger partial charge in [-0.25, -0.2) is 4.68 Å². The summed E-state index contributed by atoms with van der Waals surface area (Å²) >= 11 is 0. The Bertz CT molecular complexity index is 875. The first-order valence-electron chi connectivity index (χ1n) is 7.87. The maximum Gasteiger partial charge on any atom is 0.255 e. The molecule has 0 spiro atoms. The molecule has 1 atom stereocenters. The second kappa shape index (κ2) is 7.09. The van der Waals surface area contributed by atoms with Crippen LogP contribution in [0.25, 0.3) is 5.69 Å². The third-order valence-electron chi connectivity index (χ3n) is 3.93. The Balaban J connectivity index is 1.87. The van der Waals surface area contributed by atoms with Crippen LogP contribution in [0.5, 0.6) is 11.5 Å². The quantitative estimate of drug-likeness (QED) is 0.750. The van der Waals surface area contributed by atoms with Gasteiger partial charge in [-0.3, -0.25) is 4.79 Å². The summed E-state index contributed by atoms with van der Waals surface area (Å²) < 4.78 is 6.96. The number of rotatable bonds is 5. The van der Waals surface area contributed by atoms with Crippen LogP contribution in [0.1, 0.15) is 28.9 Å². The van der Waals surface area contributed by atoms with Crippen molar-refractivity contribution in [1.29, 1.82) is 0 Å². The molecular weight excluding hydrogens is 318 g/mol. The standard InChI is InChI=1S/C19H19N3O3/c1-13(15-6-3-4-7-17(15)22-11-5-10-20-22)21-19(24)16-12-14(23)8-9-18(16)25-2/h3-13,23H,1-2H3,(H,21,24).